The molecule has 0 aliphatic rings. The molecule has 0 aliphatic carbocycles. The highest BCUT2D eigenvalue weighted by Crippen LogP contribution is 2.36. The van der Waals surface area contributed by atoms with Crippen LogP contribution >= 0.6 is 0 Å². The number of aliphatic hydroxyl groups excluding tert-OH is 2. The molecule has 6 heteroatoms. The smallest absolute Gasteiger partial charge is 0.121 e. The van der Waals surface area contributed by atoms with Gasteiger partial charge in [-0.05, 0) is 33.7 Å². The van der Waals surface area contributed by atoms with Crippen molar-refractivity contribution in [2.45, 2.75) is 50.1 Å². The third-order valence-electron chi connectivity index (χ3n) is 3.49. The molecular formula is C10H23NO5. The van der Waals surface area contributed by atoms with Gasteiger partial charge in [0.2, 0.25) is 0 Å². The molecule has 0 heterocycles. The number of hydrogen-bond acceptors (Lipinski definition) is 6. The Bertz CT molecular complexity index is 227. The molecule has 0 aromatic rings. The van der Waals surface area contributed by atoms with Crippen LogP contribution in [-0.2, 0) is 0 Å². The summed E-state index contributed by atoms with van der Waals surface area (Å²) in [5, 5.41) is 48.5. The molecule has 98 valence electrons. The van der Waals surface area contributed by atoms with Crippen molar-refractivity contribution in [2.24, 2.45) is 5.73 Å². The van der Waals surface area contributed by atoms with E-state index >= 15 is 0 Å². The van der Waals surface area contributed by atoms with Crippen LogP contribution < -0.4 is 5.73 Å². The first-order valence-electron chi connectivity index (χ1n) is 5.20. The van der Waals surface area contributed by atoms with E-state index < -0.39 is 29.5 Å². The maximum atomic E-state index is 10.2. The van der Waals surface area contributed by atoms with Crippen molar-refractivity contribution >= 4 is 0 Å². The molecule has 0 spiro atoms. The van der Waals surface area contributed by atoms with Gasteiger partial charge in [0, 0.05) is 0 Å². The Kier molecular flexibility index (Phi) is 4.88. The highest BCUT2D eigenvalue weighted by Gasteiger charge is 2.56. The van der Waals surface area contributed by atoms with Crippen LogP contribution in [0.4, 0.5) is 0 Å². The predicted molar refractivity (Wildman–Crippen MR) is 58.6 cm³/mol. The molecule has 0 aromatic carbocycles. The van der Waals surface area contributed by atoms with E-state index in [2.05, 4.69) is 0 Å². The lowest BCUT2D eigenvalue weighted by atomic mass is 9.70. The van der Waals surface area contributed by atoms with E-state index in [0.717, 1.165) is 6.92 Å². The van der Waals surface area contributed by atoms with Crippen LogP contribution in [0.2, 0.25) is 0 Å². The SMILES string of the molecule is CC(O)(CCN)C(C)(O)C(C)(O)C(O)CO. The Hall–Kier alpha value is -0.240. The van der Waals surface area contributed by atoms with Gasteiger partial charge < -0.3 is 31.3 Å². The lowest BCUT2D eigenvalue weighted by Gasteiger charge is -2.49. The molecule has 6 nitrogen and oxygen atoms in total. The summed E-state index contributed by atoms with van der Waals surface area (Å²) >= 11 is 0. The topological polar surface area (TPSA) is 127 Å². The summed E-state index contributed by atoms with van der Waals surface area (Å²) in [6.45, 7) is 3.06. The van der Waals surface area contributed by atoms with Gasteiger partial charge in [-0.3, -0.25) is 0 Å². The Morgan fingerprint density at radius 1 is 1.12 bits per heavy atom. The van der Waals surface area contributed by atoms with Crippen LogP contribution in [-0.4, -0.2) is 61.6 Å². The zero-order valence-electron chi connectivity index (χ0n) is 10.0. The monoisotopic (exact) mass is 237 g/mol. The summed E-state index contributed by atoms with van der Waals surface area (Å²) in [6, 6.07) is 0. The van der Waals surface area contributed by atoms with Crippen molar-refractivity contribution in [3.63, 3.8) is 0 Å². The first-order chi connectivity index (χ1) is 7.04. The quantitative estimate of drug-likeness (QED) is 0.315. The van der Waals surface area contributed by atoms with Crippen molar-refractivity contribution < 1.29 is 25.5 Å². The highest BCUT2D eigenvalue weighted by atomic mass is 16.4. The normalized spacial score (nSPS) is 25.3. The molecule has 0 radical (unpaired) electrons. The summed E-state index contributed by atoms with van der Waals surface area (Å²) in [5.41, 5.74) is -0.448. The zero-order chi connectivity index (χ0) is 13.2. The number of rotatable bonds is 6. The van der Waals surface area contributed by atoms with Crippen molar-refractivity contribution in [2.75, 3.05) is 13.2 Å². The lowest BCUT2D eigenvalue weighted by molar-refractivity contribution is -0.259. The fraction of sp³-hybridized carbons (Fsp3) is 1.00. The Balaban J connectivity index is 5.16. The van der Waals surface area contributed by atoms with Gasteiger partial charge in [0.05, 0.1) is 12.2 Å². The van der Waals surface area contributed by atoms with E-state index in [1.54, 1.807) is 0 Å². The van der Waals surface area contributed by atoms with Crippen LogP contribution in [0.15, 0.2) is 0 Å². The summed E-state index contributed by atoms with van der Waals surface area (Å²) in [6.07, 6.45) is -1.51. The van der Waals surface area contributed by atoms with Gasteiger partial charge in [0.25, 0.3) is 0 Å². The predicted octanol–water partition coefficient (Wildman–Crippen LogP) is -2.06. The van der Waals surface area contributed by atoms with Gasteiger partial charge in [-0.1, -0.05) is 0 Å². The second-order valence-electron chi connectivity index (χ2n) is 4.73. The minimum atomic E-state index is -2.06. The molecule has 0 amide bonds. The fourth-order valence-electron chi connectivity index (χ4n) is 1.57. The van der Waals surface area contributed by atoms with Gasteiger partial charge >= 0.3 is 0 Å². The molecule has 4 unspecified atom stereocenters. The van der Waals surface area contributed by atoms with Crippen molar-refractivity contribution in [3.05, 3.63) is 0 Å². The molecule has 4 atom stereocenters. The van der Waals surface area contributed by atoms with Gasteiger partial charge in [-0.2, -0.15) is 0 Å². The highest BCUT2D eigenvalue weighted by molar-refractivity contribution is 5.08. The second-order valence-corrected chi connectivity index (χ2v) is 4.73. The third-order valence-corrected chi connectivity index (χ3v) is 3.49. The van der Waals surface area contributed by atoms with Crippen LogP contribution in [0.1, 0.15) is 27.2 Å². The van der Waals surface area contributed by atoms with E-state index in [4.69, 9.17) is 10.8 Å². The lowest BCUT2D eigenvalue weighted by Crippen LogP contribution is -2.69. The molecule has 0 saturated heterocycles. The van der Waals surface area contributed by atoms with Crippen LogP contribution in [0.3, 0.4) is 0 Å². The number of aliphatic hydroxyl groups is 5. The summed E-state index contributed by atoms with van der Waals surface area (Å²) in [7, 11) is 0. The van der Waals surface area contributed by atoms with Crippen LogP contribution in [0.25, 0.3) is 0 Å². The average Bonchev–Trinajstić information content (AvgIpc) is 2.15. The minimum Gasteiger partial charge on any atom is -0.394 e. The van der Waals surface area contributed by atoms with Gasteiger partial charge in [-0.15, -0.1) is 0 Å². The summed E-state index contributed by atoms with van der Waals surface area (Å²) in [5.74, 6) is 0. The van der Waals surface area contributed by atoms with Gasteiger partial charge in [-0.25, -0.2) is 0 Å². The molecule has 0 rings (SSSR count). The number of nitrogens with two attached hydrogens (primary N) is 1. The molecule has 0 aliphatic heterocycles. The minimum absolute atomic E-state index is 0.0499. The molecule has 0 fully saturated rings. The summed E-state index contributed by atoms with van der Waals surface area (Å²) < 4.78 is 0. The molecule has 7 N–H and O–H groups in total. The molecule has 0 aromatic heterocycles. The zero-order valence-corrected chi connectivity index (χ0v) is 10.0. The Labute approximate surface area is 95.3 Å². The standard InChI is InChI=1S/C10H23NO5/c1-8(14,4-5-11)10(3,16)9(2,15)7(13)6-12/h7,12-16H,4-6,11H2,1-3H3. The van der Waals surface area contributed by atoms with Gasteiger partial charge in [0.15, 0.2) is 0 Å². The molecular weight excluding hydrogens is 214 g/mol. The van der Waals surface area contributed by atoms with E-state index in [1.807, 2.05) is 0 Å². The largest absolute Gasteiger partial charge is 0.394 e. The Morgan fingerprint density at radius 2 is 1.56 bits per heavy atom. The third kappa shape index (κ3) is 2.53. The maximum absolute atomic E-state index is 10.2. The molecule has 16 heavy (non-hydrogen) atoms. The van der Waals surface area contributed by atoms with E-state index in [9.17, 15) is 20.4 Å². The van der Waals surface area contributed by atoms with E-state index in [1.165, 1.54) is 13.8 Å². The average molecular weight is 237 g/mol. The first-order valence-corrected chi connectivity index (χ1v) is 5.20. The first kappa shape index (κ1) is 15.8. The Morgan fingerprint density at radius 3 is 1.88 bits per heavy atom. The maximum Gasteiger partial charge on any atom is 0.121 e. The van der Waals surface area contributed by atoms with Crippen molar-refractivity contribution in [1.82, 2.24) is 0 Å². The van der Waals surface area contributed by atoms with E-state index in [0.29, 0.717) is 0 Å². The van der Waals surface area contributed by atoms with Gasteiger partial charge in [0.1, 0.15) is 17.3 Å². The fourth-order valence-corrected chi connectivity index (χ4v) is 1.57. The van der Waals surface area contributed by atoms with Crippen LogP contribution in [0, 0.1) is 0 Å². The second kappa shape index (κ2) is 4.95. The van der Waals surface area contributed by atoms with Crippen molar-refractivity contribution in [1.29, 1.82) is 0 Å². The molecule has 0 saturated carbocycles. The van der Waals surface area contributed by atoms with Crippen molar-refractivity contribution in [3.8, 4) is 0 Å². The molecule has 0 bridgehead atoms. The summed E-state index contributed by atoms with van der Waals surface area (Å²) in [4.78, 5) is 0. The number of hydrogen-bond donors (Lipinski definition) is 6. The van der Waals surface area contributed by atoms with E-state index in [-0.39, 0.29) is 13.0 Å². The van der Waals surface area contributed by atoms with Crippen LogP contribution in [0.5, 0.6) is 0 Å².